The van der Waals surface area contributed by atoms with Crippen LogP contribution in [0.3, 0.4) is 0 Å². The van der Waals surface area contributed by atoms with Crippen molar-refractivity contribution in [2.45, 2.75) is 355 Å². The molecule has 0 amide bonds. The first kappa shape index (κ1) is 66.4. The summed E-state index contributed by atoms with van der Waals surface area (Å²) in [6.45, 7) is 11.4. The van der Waals surface area contributed by atoms with Gasteiger partial charge in [0.15, 0.2) is 6.10 Å². The van der Waals surface area contributed by atoms with Crippen molar-refractivity contribution in [2.75, 3.05) is 13.2 Å². The Morgan fingerprint density at radius 1 is 0.279 bits per heavy atom. The average Bonchev–Trinajstić information content (AvgIpc) is 3.31. The average molecular weight is 962 g/mol. The maximum Gasteiger partial charge on any atom is 0.306 e. The molecular weight excluding hydrogens is 841 g/mol. The van der Waals surface area contributed by atoms with Crippen LogP contribution >= 0.6 is 0 Å². The molecule has 0 N–H and O–H groups in total. The van der Waals surface area contributed by atoms with Crippen LogP contribution in [0.25, 0.3) is 0 Å². The molecule has 1 atom stereocenters. The van der Waals surface area contributed by atoms with Gasteiger partial charge >= 0.3 is 17.9 Å². The summed E-state index contributed by atoms with van der Waals surface area (Å²) < 4.78 is 16.9. The lowest BCUT2D eigenvalue weighted by molar-refractivity contribution is -0.167. The van der Waals surface area contributed by atoms with Gasteiger partial charge in [-0.25, -0.2) is 0 Å². The molecule has 0 radical (unpaired) electrons. The van der Waals surface area contributed by atoms with Gasteiger partial charge in [-0.15, -0.1) is 0 Å². The first-order chi connectivity index (χ1) is 33.2. The summed E-state index contributed by atoms with van der Waals surface area (Å²) in [5, 5.41) is 0. The third kappa shape index (κ3) is 55.3. The molecular formula is C62H120O6. The van der Waals surface area contributed by atoms with E-state index in [1.807, 2.05) is 0 Å². The van der Waals surface area contributed by atoms with Gasteiger partial charge < -0.3 is 14.2 Å². The highest BCUT2D eigenvalue weighted by molar-refractivity contribution is 5.71. The van der Waals surface area contributed by atoms with Crippen LogP contribution in [0.5, 0.6) is 0 Å². The van der Waals surface area contributed by atoms with E-state index in [0.717, 1.165) is 69.6 Å². The van der Waals surface area contributed by atoms with E-state index in [1.54, 1.807) is 0 Å². The minimum Gasteiger partial charge on any atom is -0.462 e. The summed E-state index contributed by atoms with van der Waals surface area (Å²) in [7, 11) is 0. The highest BCUT2D eigenvalue weighted by atomic mass is 16.6. The number of esters is 3. The standard InChI is InChI=1S/C62H120O6/c1-6-7-8-9-10-11-12-13-14-15-20-23-28-34-39-44-49-54-62(65)68-59(56-67-61(64)53-48-43-38-33-29-24-26-31-36-41-46-51-58(4)5)55-66-60(63)52-47-42-37-32-27-22-19-17-16-18-21-25-30-35-40-45-50-57(2)3/h57-59H,6-56H2,1-5H3/t59-/m1/s1. The molecule has 0 saturated carbocycles. The lowest BCUT2D eigenvalue weighted by atomic mass is 10.0. The first-order valence-corrected chi connectivity index (χ1v) is 30.7. The lowest BCUT2D eigenvalue weighted by Crippen LogP contribution is -2.30. The quantitative estimate of drug-likeness (QED) is 0.0343. The molecule has 0 aromatic rings. The molecule has 0 aromatic heterocycles. The van der Waals surface area contributed by atoms with Gasteiger partial charge in [-0.05, 0) is 31.1 Å². The molecule has 0 heterocycles. The van der Waals surface area contributed by atoms with Gasteiger partial charge in [-0.3, -0.25) is 14.4 Å². The number of carbonyl (C=O) groups is 3. The van der Waals surface area contributed by atoms with E-state index in [9.17, 15) is 14.4 Å². The van der Waals surface area contributed by atoms with Gasteiger partial charge in [0.05, 0.1) is 0 Å². The van der Waals surface area contributed by atoms with Crippen molar-refractivity contribution in [1.82, 2.24) is 0 Å². The Morgan fingerprint density at radius 2 is 0.485 bits per heavy atom. The Morgan fingerprint density at radius 3 is 0.721 bits per heavy atom. The maximum atomic E-state index is 12.9. The smallest absolute Gasteiger partial charge is 0.306 e. The monoisotopic (exact) mass is 961 g/mol. The number of ether oxygens (including phenoxy) is 3. The largest absolute Gasteiger partial charge is 0.462 e. The van der Waals surface area contributed by atoms with Crippen molar-refractivity contribution in [1.29, 1.82) is 0 Å². The lowest BCUT2D eigenvalue weighted by Gasteiger charge is -2.18. The third-order valence-corrected chi connectivity index (χ3v) is 14.2. The zero-order valence-electron chi connectivity index (χ0n) is 46.7. The molecule has 0 aliphatic carbocycles. The van der Waals surface area contributed by atoms with E-state index < -0.39 is 6.10 Å². The number of carbonyl (C=O) groups excluding carboxylic acids is 3. The van der Waals surface area contributed by atoms with E-state index in [-0.39, 0.29) is 31.1 Å². The zero-order valence-corrected chi connectivity index (χ0v) is 46.7. The fourth-order valence-corrected chi connectivity index (χ4v) is 9.58. The molecule has 0 bridgehead atoms. The van der Waals surface area contributed by atoms with Crippen LogP contribution in [0, 0.1) is 11.8 Å². The molecule has 0 aliphatic heterocycles. The maximum absolute atomic E-state index is 12.9. The molecule has 0 aliphatic rings. The van der Waals surface area contributed by atoms with Gasteiger partial charge in [0, 0.05) is 19.3 Å². The van der Waals surface area contributed by atoms with Crippen LogP contribution in [-0.2, 0) is 28.6 Å². The second-order valence-electron chi connectivity index (χ2n) is 22.3. The number of hydrogen-bond acceptors (Lipinski definition) is 6. The Labute approximate surface area is 425 Å². The fourth-order valence-electron chi connectivity index (χ4n) is 9.58. The molecule has 0 rings (SSSR count). The SMILES string of the molecule is CCCCCCCCCCCCCCCCCCCC(=O)O[C@H](COC(=O)CCCCCCCCCCCCCCCCCCC(C)C)COC(=O)CCCCCCCCCCCCCC(C)C. The third-order valence-electron chi connectivity index (χ3n) is 14.2. The fraction of sp³-hybridized carbons (Fsp3) is 0.952. The molecule has 404 valence electrons. The van der Waals surface area contributed by atoms with Crippen molar-refractivity contribution in [2.24, 2.45) is 11.8 Å². The highest BCUT2D eigenvalue weighted by Gasteiger charge is 2.19. The van der Waals surface area contributed by atoms with Crippen LogP contribution < -0.4 is 0 Å². The first-order valence-electron chi connectivity index (χ1n) is 30.7. The molecule has 68 heavy (non-hydrogen) atoms. The van der Waals surface area contributed by atoms with Crippen molar-refractivity contribution in [3.63, 3.8) is 0 Å². The van der Waals surface area contributed by atoms with Crippen molar-refractivity contribution >= 4 is 17.9 Å². The van der Waals surface area contributed by atoms with Crippen LogP contribution in [0.1, 0.15) is 349 Å². The van der Waals surface area contributed by atoms with Gasteiger partial charge in [0.1, 0.15) is 13.2 Å². The normalized spacial score (nSPS) is 12.0. The highest BCUT2D eigenvalue weighted by Crippen LogP contribution is 2.19. The second kappa shape index (κ2) is 54.7. The zero-order chi connectivity index (χ0) is 49.6. The van der Waals surface area contributed by atoms with Crippen molar-refractivity contribution < 1.29 is 28.6 Å². The van der Waals surface area contributed by atoms with Crippen LogP contribution in [0.15, 0.2) is 0 Å². The van der Waals surface area contributed by atoms with Crippen LogP contribution in [-0.4, -0.2) is 37.2 Å². The minimum absolute atomic E-state index is 0.0622. The van der Waals surface area contributed by atoms with Gasteiger partial charge in [0.25, 0.3) is 0 Å². The van der Waals surface area contributed by atoms with E-state index in [2.05, 4.69) is 34.6 Å². The summed E-state index contributed by atoms with van der Waals surface area (Å²) in [6.07, 6.45) is 59.6. The second-order valence-corrected chi connectivity index (χ2v) is 22.3. The van der Waals surface area contributed by atoms with Crippen molar-refractivity contribution in [3.05, 3.63) is 0 Å². The molecule has 0 spiro atoms. The van der Waals surface area contributed by atoms with Crippen molar-refractivity contribution in [3.8, 4) is 0 Å². The van der Waals surface area contributed by atoms with E-state index >= 15 is 0 Å². The molecule has 6 nitrogen and oxygen atoms in total. The Bertz CT molecular complexity index is 1040. The van der Waals surface area contributed by atoms with Crippen LogP contribution in [0.2, 0.25) is 0 Å². The van der Waals surface area contributed by atoms with Gasteiger partial charge in [0.2, 0.25) is 0 Å². The molecule has 0 aromatic carbocycles. The molecule has 0 saturated heterocycles. The molecule has 0 fully saturated rings. The summed E-state index contributed by atoms with van der Waals surface area (Å²) >= 11 is 0. The number of unbranched alkanes of at least 4 members (excludes halogenated alkanes) is 41. The van der Waals surface area contributed by atoms with Gasteiger partial charge in [-0.1, -0.05) is 311 Å². The predicted molar refractivity (Wildman–Crippen MR) is 293 cm³/mol. The van der Waals surface area contributed by atoms with E-state index in [4.69, 9.17) is 14.2 Å². The predicted octanol–water partition coefficient (Wildman–Crippen LogP) is 20.4. The summed E-state index contributed by atoms with van der Waals surface area (Å²) in [6, 6.07) is 0. The molecule has 0 unspecified atom stereocenters. The van der Waals surface area contributed by atoms with Gasteiger partial charge in [-0.2, -0.15) is 0 Å². The van der Waals surface area contributed by atoms with E-state index in [0.29, 0.717) is 19.3 Å². The Kier molecular flexibility index (Phi) is 53.5. The number of hydrogen-bond donors (Lipinski definition) is 0. The van der Waals surface area contributed by atoms with E-state index in [1.165, 1.54) is 238 Å². The summed E-state index contributed by atoms with van der Waals surface area (Å²) in [5.74, 6) is 0.845. The number of rotatable bonds is 56. The Hall–Kier alpha value is -1.59. The molecule has 6 heteroatoms. The minimum atomic E-state index is -0.763. The topological polar surface area (TPSA) is 78.9 Å². The summed E-state index contributed by atoms with van der Waals surface area (Å²) in [5.41, 5.74) is 0. The Balaban J connectivity index is 4.28. The van der Waals surface area contributed by atoms with Crippen LogP contribution in [0.4, 0.5) is 0 Å². The summed E-state index contributed by atoms with van der Waals surface area (Å²) in [4.78, 5) is 38.2.